The summed E-state index contributed by atoms with van der Waals surface area (Å²) < 4.78 is 0. The predicted octanol–water partition coefficient (Wildman–Crippen LogP) is 3.86. The number of hydrogen-bond acceptors (Lipinski definition) is 2. The largest absolute Gasteiger partial charge is 0.314 e. The smallest absolute Gasteiger partial charge is 0.0453 e. The molecule has 0 spiro atoms. The van der Waals surface area contributed by atoms with E-state index in [-0.39, 0.29) is 0 Å². The summed E-state index contributed by atoms with van der Waals surface area (Å²) >= 11 is 12.1. The first-order chi connectivity index (χ1) is 9.56. The highest BCUT2D eigenvalue weighted by Gasteiger charge is 2.22. The van der Waals surface area contributed by atoms with E-state index in [1.165, 1.54) is 25.9 Å². The van der Waals surface area contributed by atoms with E-state index < -0.39 is 0 Å². The fourth-order valence-electron chi connectivity index (χ4n) is 2.94. The van der Waals surface area contributed by atoms with Crippen LogP contribution in [0.2, 0.25) is 10.0 Å². The van der Waals surface area contributed by atoms with Gasteiger partial charge in [0.15, 0.2) is 0 Å². The van der Waals surface area contributed by atoms with Gasteiger partial charge in [0.2, 0.25) is 0 Å². The topological polar surface area (TPSA) is 15.3 Å². The van der Waals surface area contributed by atoms with E-state index >= 15 is 0 Å². The number of rotatable bonds is 5. The van der Waals surface area contributed by atoms with Gasteiger partial charge in [-0.2, -0.15) is 0 Å². The molecule has 2 unspecified atom stereocenters. The minimum atomic E-state index is 0.559. The van der Waals surface area contributed by atoms with Crippen LogP contribution in [0.3, 0.4) is 0 Å². The molecule has 1 aromatic carbocycles. The molecule has 0 bridgehead atoms. The highest BCUT2D eigenvalue weighted by Crippen LogP contribution is 2.22. The summed E-state index contributed by atoms with van der Waals surface area (Å²) in [5.74, 6) is 0.759. The Morgan fingerprint density at radius 1 is 1.40 bits per heavy atom. The Hall–Kier alpha value is -0.280. The highest BCUT2D eigenvalue weighted by molar-refractivity contribution is 6.35. The Labute approximate surface area is 132 Å². The molecule has 2 atom stereocenters. The third-order valence-corrected chi connectivity index (χ3v) is 4.83. The van der Waals surface area contributed by atoms with Gasteiger partial charge in [-0.15, -0.1) is 0 Å². The maximum absolute atomic E-state index is 6.19. The second-order valence-electron chi connectivity index (χ2n) is 5.89. The maximum Gasteiger partial charge on any atom is 0.0453 e. The summed E-state index contributed by atoms with van der Waals surface area (Å²) in [5, 5.41) is 5.11. The van der Waals surface area contributed by atoms with Crippen molar-refractivity contribution in [3.8, 4) is 0 Å². The summed E-state index contributed by atoms with van der Waals surface area (Å²) in [6, 6.07) is 6.30. The first-order valence-electron chi connectivity index (χ1n) is 7.42. The molecule has 0 amide bonds. The molecule has 1 heterocycles. The lowest BCUT2D eigenvalue weighted by Crippen LogP contribution is -2.43. The molecule has 2 rings (SSSR count). The van der Waals surface area contributed by atoms with Crippen molar-refractivity contribution in [3.05, 3.63) is 33.8 Å². The second kappa shape index (κ2) is 7.65. The lowest BCUT2D eigenvalue weighted by atomic mass is 9.92. The zero-order valence-electron chi connectivity index (χ0n) is 12.3. The van der Waals surface area contributed by atoms with Gasteiger partial charge in [0.1, 0.15) is 0 Å². The van der Waals surface area contributed by atoms with Gasteiger partial charge in [0.05, 0.1) is 0 Å². The van der Waals surface area contributed by atoms with Crippen molar-refractivity contribution in [1.29, 1.82) is 0 Å². The van der Waals surface area contributed by atoms with Gasteiger partial charge in [-0.3, -0.25) is 0 Å². The van der Waals surface area contributed by atoms with E-state index in [0.29, 0.717) is 11.1 Å². The molecule has 4 heteroatoms. The summed E-state index contributed by atoms with van der Waals surface area (Å²) in [6.45, 7) is 5.70. The van der Waals surface area contributed by atoms with Gasteiger partial charge < -0.3 is 10.2 Å². The molecule has 20 heavy (non-hydrogen) atoms. The normalized spacial score (nSPS) is 21.9. The quantitative estimate of drug-likeness (QED) is 0.888. The lowest BCUT2D eigenvalue weighted by molar-refractivity contribution is 0.179. The molecule has 1 aliphatic heterocycles. The van der Waals surface area contributed by atoms with Crippen molar-refractivity contribution in [1.82, 2.24) is 10.2 Å². The fraction of sp³-hybridized carbons (Fsp3) is 0.625. The van der Waals surface area contributed by atoms with Crippen molar-refractivity contribution < 1.29 is 0 Å². The van der Waals surface area contributed by atoms with Crippen LogP contribution in [-0.4, -0.2) is 37.6 Å². The minimum Gasteiger partial charge on any atom is -0.314 e. The first-order valence-corrected chi connectivity index (χ1v) is 8.17. The Kier molecular flexibility index (Phi) is 6.16. The Morgan fingerprint density at radius 3 is 2.90 bits per heavy atom. The number of hydrogen-bond donors (Lipinski definition) is 1. The molecule has 112 valence electrons. The molecule has 1 aromatic rings. The van der Waals surface area contributed by atoms with Crippen LogP contribution >= 0.6 is 23.2 Å². The predicted molar refractivity (Wildman–Crippen MR) is 87.9 cm³/mol. The Bertz CT molecular complexity index is 436. The molecule has 0 radical (unpaired) electrons. The first kappa shape index (κ1) is 16.1. The van der Waals surface area contributed by atoms with Crippen LogP contribution in [0.4, 0.5) is 0 Å². The second-order valence-corrected chi connectivity index (χ2v) is 6.74. The molecule has 1 aliphatic rings. The third kappa shape index (κ3) is 4.63. The molecule has 2 nitrogen and oxygen atoms in total. The maximum atomic E-state index is 6.19. The van der Waals surface area contributed by atoms with Crippen LogP contribution < -0.4 is 5.32 Å². The van der Waals surface area contributed by atoms with Crippen LogP contribution in [0.15, 0.2) is 18.2 Å². The Balaban J connectivity index is 1.77. The lowest BCUT2D eigenvalue weighted by Gasteiger charge is -2.34. The van der Waals surface area contributed by atoms with Crippen LogP contribution in [0, 0.1) is 5.92 Å². The van der Waals surface area contributed by atoms with E-state index in [4.69, 9.17) is 23.2 Å². The van der Waals surface area contributed by atoms with E-state index in [1.54, 1.807) is 0 Å². The monoisotopic (exact) mass is 314 g/mol. The molecule has 0 aromatic heterocycles. The number of benzene rings is 1. The SMILES string of the molecule is CC(NCCc1ccc(Cl)cc1Cl)C1CCCN(C)C1. The summed E-state index contributed by atoms with van der Waals surface area (Å²) in [5.41, 5.74) is 1.16. The van der Waals surface area contributed by atoms with Crippen LogP contribution in [0.25, 0.3) is 0 Å². The molecule has 1 fully saturated rings. The van der Waals surface area contributed by atoms with E-state index in [2.05, 4.69) is 24.2 Å². The van der Waals surface area contributed by atoms with Crippen molar-refractivity contribution in [2.75, 3.05) is 26.7 Å². The molecular weight excluding hydrogens is 291 g/mol. The van der Waals surface area contributed by atoms with Gasteiger partial charge in [-0.1, -0.05) is 29.3 Å². The van der Waals surface area contributed by atoms with E-state index in [1.807, 2.05) is 18.2 Å². The third-order valence-electron chi connectivity index (χ3n) is 4.24. The number of nitrogens with zero attached hydrogens (tertiary/aromatic N) is 1. The molecule has 1 saturated heterocycles. The molecular formula is C16H24Cl2N2. The fourth-order valence-corrected chi connectivity index (χ4v) is 3.44. The van der Waals surface area contributed by atoms with Crippen molar-refractivity contribution in [3.63, 3.8) is 0 Å². The molecule has 0 saturated carbocycles. The van der Waals surface area contributed by atoms with Gasteiger partial charge in [-0.05, 0) is 69.9 Å². The Morgan fingerprint density at radius 2 is 2.20 bits per heavy atom. The van der Waals surface area contributed by atoms with Crippen LogP contribution in [0.5, 0.6) is 0 Å². The number of likely N-dealkylation sites (tertiary alicyclic amines) is 1. The van der Waals surface area contributed by atoms with Gasteiger partial charge in [0.25, 0.3) is 0 Å². The van der Waals surface area contributed by atoms with E-state index in [9.17, 15) is 0 Å². The van der Waals surface area contributed by atoms with Gasteiger partial charge >= 0.3 is 0 Å². The zero-order valence-corrected chi connectivity index (χ0v) is 13.8. The van der Waals surface area contributed by atoms with Crippen LogP contribution in [-0.2, 0) is 6.42 Å². The zero-order chi connectivity index (χ0) is 14.5. The van der Waals surface area contributed by atoms with E-state index in [0.717, 1.165) is 29.5 Å². The van der Waals surface area contributed by atoms with Crippen molar-refractivity contribution >= 4 is 23.2 Å². The summed E-state index contributed by atoms with van der Waals surface area (Å²) in [4.78, 5) is 2.43. The number of piperidine rings is 1. The van der Waals surface area contributed by atoms with Gasteiger partial charge in [-0.25, -0.2) is 0 Å². The van der Waals surface area contributed by atoms with Crippen LogP contribution in [0.1, 0.15) is 25.3 Å². The summed E-state index contributed by atoms with van der Waals surface area (Å²) in [7, 11) is 2.21. The average molecular weight is 315 g/mol. The standard InChI is InChI=1S/C16H24Cl2N2/c1-12(14-4-3-9-20(2)11-14)19-8-7-13-5-6-15(17)10-16(13)18/h5-6,10,12,14,19H,3-4,7-9,11H2,1-2H3. The number of halogens is 2. The van der Waals surface area contributed by atoms with Crippen molar-refractivity contribution in [2.45, 2.75) is 32.2 Å². The molecule has 1 N–H and O–H groups in total. The average Bonchev–Trinajstić information content (AvgIpc) is 2.41. The minimum absolute atomic E-state index is 0.559. The van der Waals surface area contributed by atoms with Crippen molar-refractivity contribution in [2.24, 2.45) is 5.92 Å². The summed E-state index contributed by atoms with van der Waals surface area (Å²) in [6.07, 6.45) is 3.60. The van der Waals surface area contributed by atoms with Gasteiger partial charge in [0, 0.05) is 22.6 Å². The molecule has 0 aliphatic carbocycles. The number of nitrogens with one attached hydrogen (secondary N) is 1. The highest BCUT2D eigenvalue weighted by atomic mass is 35.5.